The summed E-state index contributed by atoms with van der Waals surface area (Å²) in [6.45, 7) is 4.27. The summed E-state index contributed by atoms with van der Waals surface area (Å²) in [5.74, 6) is -2.56. The van der Waals surface area contributed by atoms with Crippen LogP contribution in [0.3, 0.4) is 0 Å². The van der Waals surface area contributed by atoms with Gasteiger partial charge in [0.25, 0.3) is 5.78 Å². The molecule has 0 atom stereocenters. The molecule has 0 unspecified atom stereocenters. The van der Waals surface area contributed by atoms with Crippen molar-refractivity contribution in [3.8, 4) is 0 Å². The van der Waals surface area contributed by atoms with E-state index in [1.54, 1.807) is 13.8 Å². The highest BCUT2D eigenvalue weighted by atomic mass is 16.2. The Hall–Kier alpha value is -0.990. The van der Waals surface area contributed by atoms with Crippen LogP contribution in [-0.4, -0.2) is 17.3 Å². The molecule has 0 bridgehead atoms. The van der Waals surface area contributed by atoms with Crippen LogP contribution in [0.2, 0.25) is 0 Å². The average Bonchev–Trinajstić information content (AvgIpc) is 1.84. The van der Waals surface area contributed by atoms with Crippen molar-refractivity contribution in [2.24, 2.45) is 5.92 Å². The molecule has 10 heavy (non-hydrogen) atoms. The maximum atomic E-state index is 10.7. The first-order chi connectivity index (χ1) is 4.46. The third-order valence-electron chi connectivity index (χ3n) is 1.07. The summed E-state index contributed by atoms with van der Waals surface area (Å²) < 4.78 is 0. The molecule has 0 fully saturated rings. The lowest BCUT2D eigenvalue weighted by Crippen LogP contribution is -2.25. The molecule has 56 valence electrons. The molecule has 0 radical (unpaired) electrons. The Kier molecular flexibility index (Phi) is 2.93. The quantitative estimate of drug-likeness (QED) is 0.422. The molecule has 0 heterocycles. The van der Waals surface area contributed by atoms with Gasteiger partial charge >= 0.3 is 0 Å². The zero-order valence-electron chi connectivity index (χ0n) is 6.30. The fourth-order valence-electron chi connectivity index (χ4n) is 0.436. The summed E-state index contributed by atoms with van der Waals surface area (Å²) in [4.78, 5) is 31.6. The highest BCUT2D eigenvalue weighted by Crippen LogP contribution is 1.95. The second-order valence-electron chi connectivity index (χ2n) is 2.40. The van der Waals surface area contributed by atoms with E-state index in [1.165, 1.54) is 0 Å². The number of carbonyl (C=O) groups excluding carboxylic acids is 3. The summed E-state index contributed by atoms with van der Waals surface area (Å²) in [5.41, 5.74) is 0. The van der Waals surface area contributed by atoms with E-state index in [4.69, 9.17) is 0 Å². The molecule has 0 aromatic rings. The first kappa shape index (κ1) is 9.01. The summed E-state index contributed by atoms with van der Waals surface area (Å²) in [6, 6.07) is 0. The molecule has 3 heteroatoms. The van der Waals surface area contributed by atoms with Gasteiger partial charge in [0.15, 0.2) is 0 Å². The predicted octanol–water partition coefficient (Wildman–Crippen LogP) is 0.370. The number of Topliss-reactive ketones (excluding diaryl/α,β-unsaturated/α-hetero) is 3. The Bertz CT molecular complexity index is 179. The summed E-state index contributed by atoms with van der Waals surface area (Å²) in [7, 11) is 0. The maximum absolute atomic E-state index is 10.7. The maximum Gasteiger partial charge on any atom is 0.264 e. The van der Waals surface area contributed by atoms with Gasteiger partial charge in [-0.1, -0.05) is 13.8 Å². The SMILES string of the molecule is CC(=O)C(=O)C(=O)C(C)C. The highest BCUT2D eigenvalue weighted by Gasteiger charge is 2.20. The third kappa shape index (κ3) is 2.09. The van der Waals surface area contributed by atoms with Crippen LogP contribution in [0.1, 0.15) is 20.8 Å². The fraction of sp³-hybridized carbons (Fsp3) is 0.571. The zero-order chi connectivity index (χ0) is 8.31. The molecule has 0 amide bonds. The van der Waals surface area contributed by atoms with Crippen LogP contribution >= 0.6 is 0 Å². The van der Waals surface area contributed by atoms with E-state index in [2.05, 4.69) is 0 Å². The number of rotatable bonds is 3. The number of ketones is 3. The van der Waals surface area contributed by atoms with Crippen LogP contribution in [0.25, 0.3) is 0 Å². The number of hydrogen-bond acceptors (Lipinski definition) is 3. The van der Waals surface area contributed by atoms with Crippen molar-refractivity contribution in [1.82, 2.24) is 0 Å². The van der Waals surface area contributed by atoms with Gasteiger partial charge in [-0.2, -0.15) is 0 Å². The van der Waals surface area contributed by atoms with Crippen LogP contribution in [0.4, 0.5) is 0 Å². The lowest BCUT2D eigenvalue weighted by atomic mass is 10.0. The first-order valence-corrected chi connectivity index (χ1v) is 3.06. The molecule has 0 aromatic carbocycles. The Morgan fingerprint density at radius 1 is 1.10 bits per heavy atom. The smallest absolute Gasteiger partial charge is 0.264 e. The van der Waals surface area contributed by atoms with Crippen molar-refractivity contribution in [2.75, 3.05) is 0 Å². The number of carbonyl (C=O) groups is 3. The molecular formula is C7H10O3. The van der Waals surface area contributed by atoms with Crippen molar-refractivity contribution in [1.29, 1.82) is 0 Å². The molecule has 0 aliphatic heterocycles. The topological polar surface area (TPSA) is 51.2 Å². The highest BCUT2D eigenvalue weighted by molar-refractivity contribution is 6.63. The zero-order valence-corrected chi connectivity index (χ0v) is 6.30. The van der Waals surface area contributed by atoms with E-state index < -0.39 is 17.3 Å². The second-order valence-corrected chi connectivity index (χ2v) is 2.40. The Balaban J connectivity index is 4.24. The van der Waals surface area contributed by atoms with Crippen LogP contribution in [-0.2, 0) is 14.4 Å². The molecule has 3 nitrogen and oxygen atoms in total. The Labute approximate surface area is 59.4 Å². The van der Waals surface area contributed by atoms with Gasteiger partial charge in [0.05, 0.1) is 0 Å². The molecular weight excluding hydrogens is 132 g/mol. The molecule has 0 saturated carbocycles. The van der Waals surface area contributed by atoms with Gasteiger partial charge in [0, 0.05) is 12.8 Å². The van der Waals surface area contributed by atoms with E-state index >= 15 is 0 Å². The van der Waals surface area contributed by atoms with Crippen molar-refractivity contribution >= 4 is 17.3 Å². The van der Waals surface area contributed by atoms with Gasteiger partial charge in [-0.15, -0.1) is 0 Å². The third-order valence-corrected chi connectivity index (χ3v) is 1.07. The summed E-state index contributed by atoms with van der Waals surface area (Å²) in [6.07, 6.45) is 0. The second kappa shape index (κ2) is 3.25. The lowest BCUT2D eigenvalue weighted by Gasteiger charge is -1.97. The molecule has 0 aliphatic carbocycles. The van der Waals surface area contributed by atoms with E-state index in [1.807, 2.05) is 0 Å². The van der Waals surface area contributed by atoms with E-state index in [0.29, 0.717) is 0 Å². The minimum atomic E-state index is -0.894. The van der Waals surface area contributed by atoms with Crippen molar-refractivity contribution < 1.29 is 14.4 Å². The van der Waals surface area contributed by atoms with Crippen LogP contribution in [0, 0.1) is 5.92 Å². The van der Waals surface area contributed by atoms with E-state index in [0.717, 1.165) is 6.92 Å². The van der Waals surface area contributed by atoms with Crippen LogP contribution in [0.5, 0.6) is 0 Å². The van der Waals surface area contributed by atoms with E-state index in [9.17, 15) is 14.4 Å². The van der Waals surface area contributed by atoms with Gasteiger partial charge in [0.2, 0.25) is 11.6 Å². The lowest BCUT2D eigenvalue weighted by molar-refractivity contribution is -0.144. The predicted molar refractivity (Wildman–Crippen MR) is 35.5 cm³/mol. The van der Waals surface area contributed by atoms with E-state index in [-0.39, 0.29) is 5.92 Å². The van der Waals surface area contributed by atoms with Crippen LogP contribution < -0.4 is 0 Å². The molecule has 0 aliphatic rings. The summed E-state index contributed by atoms with van der Waals surface area (Å²) in [5, 5.41) is 0. The fourth-order valence-corrected chi connectivity index (χ4v) is 0.436. The van der Waals surface area contributed by atoms with Gasteiger partial charge < -0.3 is 0 Å². The molecule has 0 spiro atoms. The number of hydrogen-bond donors (Lipinski definition) is 0. The van der Waals surface area contributed by atoms with Gasteiger partial charge in [-0.25, -0.2) is 0 Å². The molecule has 0 aromatic heterocycles. The monoisotopic (exact) mass is 142 g/mol. The molecule has 0 N–H and O–H groups in total. The van der Waals surface area contributed by atoms with Crippen molar-refractivity contribution in [3.63, 3.8) is 0 Å². The van der Waals surface area contributed by atoms with Gasteiger partial charge in [-0.05, 0) is 0 Å². The van der Waals surface area contributed by atoms with Crippen molar-refractivity contribution in [2.45, 2.75) is 20.8 Å². The minimum Gasteiger partial charge on any atom is -0.291 e. The Morgan fingerprint density at radius 2 is 1.50 bits per heavy atom. The normalized spacial score (nSPS) is 9.60. The van der Waals surface area contributed by atoms with Crippen molar-refractivity contribution in [3.05, 3.63) is 0 Å². The van der Waals surface area contributed by atoms with Gasteiger partial charge in [0.1, 0.15) is 0 Å². The standard InChI is InChI=1S/C7H10O3/c1-4(2)6(9)7(10)5(3)8/h4H,1-3H3. The van der Waals surface area contributed by atoms with Gasteiger partial charge in [-0.3, -0.25) is 14.4 Å². The largest absolute Gasteiger partial charge is 0.291 e. The molecule has 0 saturated heterocycles. The first-order valence-electron chi connectivity index (χ1n) is 3.06. The minimum absolute atomic E-state index is 0.378. The summed E-state index contributed by atoms with van der Waals surface area (Å²) >= 11 is 0. The Morgan fingerprint density at radius 3 is 1.60 bits per heavy atom. The molecule has 0 rings (SSSR count). The van der Waals surface area contributed by atoms with Crippen LogP contribution in [0.15, 0.2) is 0 Å². The average molecular weight is 142 g/mol.